The Hall–Kier alpha value is -3.38. The van der Waals surface area contributed by atoms with Crippen molar-refractivity contribution >= 4 is 17.4 Å². The maximum atomic E-state index is 13.0. The molecule has 0 aliphatic carbocycles. The van der Waals surface area contributed by atoms with E-state index in [2.05, 4.69) is 6.58 Å². The van der Waals surface area contributed by atoms with Crippen LogP contribution in [0.4, 0.5) is 0 Å². The van der Waals surface area contributed by atoms with Crippen LogP contribution in [0.5, 0.6) is 5.75 Å². The van der Waals surface area contributed by atoms with Gasteiger partial charge in [0.2, 0.25) is 0 Å². The van der Waals surface area contributed by atoms with E-state index in [1.165, 1.54) is 12.0 Å². The molecule has 1 heterocycles. The number of likely N-dealkylation sites (tertiary alicyclic amines) is 1. The third kappa shape index (κ3) is 4.54. The number of amides is 1. The number of Topliss-reactive ketones (excluding diaryl/α,β-unsaturated/α-hetero) is 1. The van der Waals surface area contributed by atoms with Crippen LogP contribution in [-0.4, -0.2) is 48.6 Å². The highest BCUT2D eigenvalue weighted by atomic mass is 16.5. The van der Waals surface area contributed by atoms with Gasteiger partial charge in [0.05, 0.1) is 18.2 Å². The maximum Gasteiger partial charge on any atom is 0.295 e. The molecule has 0 bridgehead atoms. The molecule has 31 heavy (non-hydrogen) atoms. The fourth-order valence-electron chi connectivity index (χ4n) is 3.62. The van der Waals surface area contributed by atoms with Crippen molar-refractivity contribution in [2.75, 3.05) is 26.9 Å². The fraction of sp³-hybridized carbons (Fsp3) is 0.280. The number of aliphatic hydroxyl groups is 1. The Kier molecular flexibility index (Phi) is 6.92. The zero-order valence-corrected chi connectivity index (χ0v) is 18.1. The van der Waals surface area contributed by atoms with Gasteiger partial charge in [0.15, 0.2) is 0 Å². The lowest BCUT2D eigenvalue weighted by molar-refractivity contribution is -0.140. The van der Waals surface area contributed by atoms with Gasteiger partial charge in [-0.1, -0.05) is 36.9 Å². The highest BCUT2D eigenvalue weighted by Gasteiger charge is 2.46. The number of benzene rings is 2. The molecule has 1 atom stereocenters. The lowest BCUT2D eigenvalue weighted by atomic mass is 9.94. The molecule has 2 aromatic carbocycles. The number of hydrogen-bond donors (Lipinski definition) is 1. The van der Waals surface area contributed by atoms with Crippen LogP contribution in [-0.2, 0) is 14.3 Å². The molecule has 1 fully saturated rings. The summed E-state index contributed by atoms with van der Waals surface area (Å²) in [5, 5.41) is 11.1. The van der Waals surface area contributed by atoms with Crippen LogP contribution < -0.4 is 4.74 Å². The molecule has 3 rings (SSSR count). The Morgan fingerprint density at radius 2 is 1.94 bits per heavy atom. The van der Waals surface area contributed by atoms with Crippen LogP contribution in [0.3, 0.4) is 0 Å². The highest BCUT2D eigenvalue weighted by Crippen LogP contribution is 2.40. The lowest BCUT2D eigenvalue weighted by Gasteiger charge is -2.25. The predicted molar refractivity (Wildman–Crippen MR) is 119 cm³/mol. The number of rotatable bonds is 8. The Morgan fingerprint density at radius 1 is 1.16 bits per heavy atom. The van der Waals surface area contributed by atoms with Crippen molar-refractivity contribution in [2.24, 2.45) is 0 Å². The van der Waals surface area contributed by atoms with E-state index in [4.69, 9.17) is 9.47 Å². The first-order chi connectivity index (χ1) is 14.9. The van der Waals surface area contributed by atoms with Gasteiger partial charge in [0, 0.05) is 19.2 Å². The van der Waals surface area contributed by atoms with Gasteiger partial charge in [-0.3, -0.25) is 9.59 Å². The summed E-state index contributed by atoms with van der Waals surface area (Å²) < 4.78 is 10.8. The Labute approximate surface area is 182 Å². The van der Waals surface area contributed by atoms with Crippen LogP contribution in [0.25, 0.3) is 5.76 Å². The summed E-state index contributed by atoms with van der Waals surface area (Å²) >= 11 is 0. The second-order valence-corrected chi connectivity index (χ2v) is 7.46. The van der Waals surface area contributed by atoms with E-state index in [0.29, 0.717) is 23.5 Å². The van der Waals surface area contributed by atoms with E-state index >= 15 is 0 Å². The molecular weight excluding hydrogens is 394 g/mol. The fourth-order valence-corrected chi connectivity index (χ4v) is 3.62. The third-order valence-corrected chi connectivity index (χ3v) is 5.40. The molecule has 6 heteroatoms. The maximum absolute atomic E-state index is 13.0. The summed E-state index contributed by atoms with van der Waals surface area (Å²) in [5.41, 5.74) is 3.28. The first-order valence-corrected chi connectivity index (χ1v) is 10.1. The van der Waals surface area contributed by atoms with Gasteiger partial charge in [-0.2, -0.15) is 0 Å². The largest absolute Gasteiger partial charge is 0.507 e. The second kappa shape index (κ2) is 9.62. The van der Waals surface area contributed by atoms with Gasteiger partial charge in [-0.05, 0) is 48.7 Å². The van der Waals surface area contributed by atoms with E-state index < -0.39 is 17.7 Å². The average Bonchev–Trinajstić information content (AvgIpc) is 3.02. The van der Waals surface area contributed by atoms with E-state index in [-0.39, 0.29) is 24.5 Å². The zero-order valence-electron chi connectivity index (χ0n) is 18.1. The van der Waals surface area contributed by atoms with Gasteiger partial charge >= 0.3 is 0 Å². The van der Waals surface area contributed by atoms with Crippen molar-refractivity contribution in [3.8, 4) is 5.75 Å². The Bertz CT molecular complexity index is 1040. The SMILES string of the molecule is C=CCOc1cccc(C2/C(=C(/O)c3ccc(C)c(C)c3)C(=O)C(=O)N2CCOC)c1. The second-order valence-electron chi connectivity index (χ2n) is 7.46. The van der Waals surface area contributed by atoms with Gasteiger partial charge in [0.1, 0.15) is 18.1 Å². The minimum Gasteiger partial charge on any atom is -0.507 e. The number of carbonyl (C=O) groups is 2. The molecule has 1 amide bonds. The molecule has 1 N–H and O–H groups in total. The molecule has 1 aliphatic heterocycles. The van der Waals surface area contributed by atoms with E-state index in [1.54, 1.807) is 30.3 Å². The monoisotopic (exact) mass is 421 g/mol. The molecular formula is C25H27NO5. The smallest absolute Gasteiger partial charge is 0.295 e. The molecule has 1 unspecified atom stereocenters. The molecule has 0 aromatic heterocycles. The van der Waals surface area contributed by atoms with Crippen LogP contribution in [0.2, 0.25) is 0 Å². The summed E-state index contributed by atoms with van der Waals surface area (Å²) in [6.07, 6.45) is 1.64. The van der Waals surface area contributed by atoms with Gasteiger partial charge in [-0.15, -0.1) is 0 Å². The molecule has 1 aliphatic rings. The minimum atomic E-state index is -0.746. The zero-order chi connectivity index (χ0) is 22.5. The van der Waals surface area contributed by atoms with E-state index in [9.17, 15) is 14.7 Å². The summed E-state index contributed by atoms with van der Waals surface area (Å²) in [4.78, 5) is 27.3. The van der Waals surface area contributed by atoms with Crippen molar-refractivity contribution in [2.45, 2.75) is 19.9 Å². The number of nitrogens with zero attached hydrogens (tertiary/aromatic N) is 1. The summed E-state index contributed by atoms with van der Waals surface area (Å²) in [5.74, 6) is -0.983. The Balaban J connectivity index is 2.15. The van der Waals surface area contributed by atoms with Crippen molar-refractivity contribution in [1.82, 2.24) is 4.90 Å². The molecule has 2 aromatic rings. The molecule has 162 valence electrons. The quantitative estimate of drug-likeness (QED) is 0.302. The first-order valence-electron chi connectivity index (χ1n) is 10.1. The first kappa shape index (κ1) is 22.3. The van der Waals surface area contributed by atoms with Crippen LogP contribution in [0, 0.1) is 13.8 Å². The summed E-state index contributed by atoms with van der Waals surface area (Å²) in [6, 6.07) is 11.9. The van der Waals surface area contributed by atoms with Crippen molar-refractivity contribution in [3.63, 3.8) is 0 Å². The molecule has 0 spiro atoms. The van der Waals surface area contributed by atoms with E-state index in [1.807, 2.05) is 32.0 Å². The van der Waals surface area contributed by atoms with Gasteiger partial charge in [-0.25, -0.2) is 0 Å². The molecule has 0 saturated carbocycles. The minimum absolute atomic E-state index is 0.0604. The average molecular weight is 421 g/mol. The topological polar surface area (TPSA) is 76.1 Å². The Morgan fingerprint density at radius 3 is 2.61 bits per heavy atom. The summed E-state index contributed by atoms with van der Waals surface area (Å²) in [6.45, 7) is 8.36. The van der Waals surface area contributed by atoms with E-state index in [0.717, 1.165) is 11.1 Å². The number of ketones is 1. The third-order valence-electron chi connectivity index (χ3n) is 5.40. The number of methoxy groups -OCH3 is 1. The van der Waals surface area contributed by atoms with Crippen LogP contribution in [0.1, 0.15) is 28.3 Å². The molecule has 6 nitrogen and oxygen atoms in total. The molecule has 0 radical (unpaired) electrons. The lowest BCUT2D eigenvalue weighted by Crippen LogP contribution is -2.32. The van der Waals surface area contributed by atoms with Gasteiger partial charge in [0.25, 0.3) is 11.7 Å². The number of hydrogen-bond acceptors (Lipinski definition) is 5. The number of ether oxygens (including phenoxy) is 2. The van der Waals surface area contributed by atoms with Crippen LogP contribution in [0.15, 0.2) is 60.7 Å². The highest BCUT2D eigenvalue weighted by molar-refractivity contribution is 6.46. The van der Waals surface area contributed by atoms with Gasteiger partial charge < -0.3 is 19.5 Å². The van der Waals surface area contributed by atoms with Crippen molar-refractivity contribution in [1.29, 1.82) is 0 Å². The molecule has 1 saturated heterocycles. The normalized spacial score (nSPS) is 17.8. The van der Waals surface area contributed by atoms with Crippen LogP contribution >= 0.6 is 0 Å². The summed E-state index contributed by atoms with van der Waals surface area (Å²) in [7, 11) is 1.53. The number of aryl methyl sites for hydroxylation is 2. The van der Waals surface area contributed by atoms with Crippen molar-refractivity contribution in [3.05, 3.63) is 82.9 Å². The number of carbonyl (C=O) groups excluding carboxylic acids is 2. The standard InChI is InChI=1S/C25H27NO5/c1-5-12-31-20-8-6-7-18(15-20)22-21(24(28)25(29)26(22)11-13-30-4)23(27)19-10-9-16(2)17(3)14-19/h5-10,14-15,22,27H,1,11-13H2,2-4H3/b23-21-. The number of aliphatic hydroxyl groups excluding tert-OH is 1. The van der Waals surface area contributed by atoms with Crippen molar-refractivity contribution < 1.29 is 24.2 Å². The predicted octanol–water partition coefficient (Wildman–Crippen LogP) is 3.94.